The van der Waals surface area contributed by atoms with Crippen molar-refractivity contribution in [2.75, 3.05) is 0 Å². The fourth-order valence-corrected chi connectivity index (χ4v) is 3.32. The van der Waals surface area contributed by atoms with E-state index in [-0.39, 0.29) is 21.3 Å². The zero-order valence-corrected chi connectivity index (χ0v) is 11.4. The zero-order chi connectivity index (χ0) is 14.2. The van der Waals surface area contributed by atoms with Crippen molar-refractivity contribution in [3.05, 3.63) is 47.5 Å². The Bertz CT molecular complexity index is 733. The number of phenols is 2. The van der Waals surface area contributed by atoms with Gasteiger partial charge < -0.3 is 10.2 Å². The van der Waals surface area contributed by atoms with Gasteiger partial charge in [0.2, 0.25) is 9.84 Å². The van der Waals surface area contributed by atoms with Crippen LogP contribution >= 0.6 is 0 Å². The highest BCUT2D eigenvalue weighted by Gasteiger charge is 2.20. The van der Waals surface area contributed by atoms with Gasteiger partial charge in [-0.3, -0.25) is 0 Å². The first-order valence-electron chi connectivity index (χ1n) is 5.66. The summed E-state index contributed by atoms with van der Waals surface area (Å²) in [5.74, 6) is -0.0410. The summed E-state index contributed by atoms with van der Waals surface area (Å²) in [5.41, 5.74) is 1.07. The molecule has 0 amide bonds. The summed E-state index contributed by atoms with van der Waals surface area (Å²) in [6.07, 6.45) is 0. The van der Waals surface area contributed by atoms with Gasteiger partial charge in [0.25, 0.3) is 0 Å². The van der Waals surface area contributed by atoms with E-state index in [2.05, 4.69) is 0 Å². The second-order valence-electron chi connectivity index (χ2n) is 4.40. The van der Waals surface area contributed by atoms with Crippen molar-refractivity contribution < 1.29 is 18.6 Å². The molecule has 0 aromatic heterocycles. The van der Waals surface area contributed by atoms with E-state index in [0.29, 0.717) is 11.1 Å². The highest BCUT2D eigenvalue weighted by Crippen LogP contribution is 2.29. The summed E-state index contributed by atoms with van der Waals surface area (Å²) in [6.45, 7) is 3.30. The number of hydrogen-bond acceptors (Lipinski definition) is 4. The largest absolute Gasteiger partial charge is 0.508 e. The van der Waals surface area contributed by atoms with Crippen LogP contribution in [0.3, 0.4) is 0 Å². The molecule has 0 saturated carbocycles. The second-order valence-corrected chi connectivity index (χ2v) is 6.32. The molecule has 2 aromatic carbocycles. The van der Waals surface area contributed by atoms with Gasteiger partial charge in [0, 0.05) is 0 Å². The van der Waals surface area contributed by atoms with E-state index in [9.17, 15) is 18.6 Å². The van der Waals surface area contributed by atoms with Crippen LogP contribution < -0.4 is 0 Å². The Hall–Kier alpha value is -2.01. The fraction of sp³-hybridized carbons (Fsp3) is 0.143. The number of sulfone groups is 1. The Morgan fingerprint density at radius 2 is 1.58 bits per heavy atom. The van der Waals surface area contributed by atoms with Crippen LogP contribution in [0.4, 0.5) is 0 Å². The molecule has 5 heteroatoms. The lowest BCUT2D eigenvalue weighted by Crippen LogP contribution is -2.04. The normalized spacial score (nSPS) is 11.5. The van der Waals surface area contributed by atoms with Crippen LogP contribution in [-0.4, -0.2) is 18.6 Å². The average Bonchev–Trinajstić information content (AvgIpc) is 2.32. The molecule has 2 aromatic rings. The van der Waals surface area contributed by atoms with Crippen LogP contribution in [-0.2, 0) is 9.84 Å². The first kappa shape index (κ1) is 13.4. The van der Waals surface area contributed by atoms with E-state index in [1.165, 1.54) is 30.3 Å². The van der Waals surface area contributed by atoms with Crippen LogP contribution in [0.2, 0.25) is 0 Å². The van der Waals surface area contributed by atoms with Gasteiger partial charge in [-0.25, -0.2) is 8.42 Å². The minimum Gasteiger partial charge on any atom is -0.508 e. The van der Waals surface area contributed by atoms with Gasteiger partial charge in [-0.15, -0.1) is 0 Å². The number of rotatable bonds is 2. The maximum Gasteiger partial charge on any atom is 0.206 e. The molecule has 4 nitrogen and oxygen atoms in total. The molecule has 19 heavy (non-hydrogen) atoms. The standard InChI is InChI=1S/C14H14O4S/c1-9-3-5-12(8-13(9)16)19(17,18)14-6-4-11(15)7-10(14)2/h3-8,15-16H,1-2H3. The Kier molecular flexibility index (Phi) is 3.24. The van der Waals surface area contributed by atoms with E-state index in [1.54, 1.807) is 19.9 Å². The fourth-order valence-electron chi connectivity index (χ4n) is 1.82. The number of hydrogen-bond donors (Lipinski definition) is 2. The van der Waals surface area contributed by atoms with Crippen molar-refractivity contribution in [1.82, 2.24) is 0 Å². The summed E-state index contributed by atoms with van der Waals surface area (Å²) >= 11 is 0. The van der Waals surface area contributed by atoms with Crippen LogP contribution in [0.25, 0.3) is 0 Å². The lowest BCUT2D eigenvalue weighted by atomic mass is 10.2. The Morgan fingerprint density at radius 1 is 0.895 bits per heavy atom. The third-order valence-electron chi connectivity index (χ3n) is 2.94. The third kappa shape index (κ3) is 2.42. The van der Waals surface area contributed by atoms with Gasteiger partial charge in [0.15, 0.2) is 0 Å². The molecule has 0 bridgehead atoms. The van der Waals surface area contributed by atoms with E-state index in [4.69, 9.17) is 0 Å². The first-order valence-corrected chi connectivity index (χ1v) is 7.15. The molecule has 0 radical (unpaired) electrons. The summed E-state index contributed by atoms with van der Waals surface area (Å²) in [4.78, 5) is 0.151. The predicted molar refractivity (Wildman–Crippen MR) is 71.1 cm³/mol. The molecule has 0 aliphatic heterocycles. The number of benzene rings is 2. The highest BCUT2D eigenvalue weighted by atomic mass is 32.2. The number of phenolic OH excluding ortho intramolecular Hbond substituents is 2. The van der Waals surface area contributed by atoms with Gasteiger partial charge in [0.1, 0.15) is 11.5 Å². The molecule has 100 valence electrons. The third-order valence-corrected chi connectivity index (χ3v) is 4.85. The van der Waals surface area contributed by atoms with Crippen molar-refractivity contribution in [2.24, 2.45) is 0 Å². The maximum atomic E-state index is 12.4. The molecular weight excluding hydrogens is 264 g/mol. The second kappa shape index (κ2) is 4.59. The Labute approximate surface area is 111 Å². The zero-order valence-electron chi connectivity index (χ0n) is 10.6. The summed E-state index contributed by atoms with van der Waals surface area (Å²) in [5, 5.41) is 18.9. The van der Waals surface area contributed by atoms with Crippen molar-refractivity contribution in [1.29, 1.82) is 0 Å². The number of aromatic hydroxyl groups is 2. The van der Waals surface area contributed by atoms with Crippen molar-refractivity contribution in [2.45, 2.75) is 23.6 Å². The van der Waals surface area contributed by atoms with E-state index in [1.807, 2.05) is 0 Å². The first-order chi connectivity index (χ1) is 8.82. The van der Waals surface area contributed by atoms with Crippen LogP contribution in [0.15, 0.2) is 46.2 Å². The minimum atomic E-state index is -3.70. The Balaban J connectivity index is 2.62. The molecule has 0 unspecified atom stereocenters. The predicted octanol–water partition coefficient (Wildman–Crippen LogP) is 2.55. The average molecular weight is 278 g/mol. The maximum absolute atomic E-state index is 12.4. The van der Waals surface area contributed by atoms with Gasteiger partial charge in [-0.2, -0.15) is 0 Å². The highest BCUT2D eigenvalue weighted by molar-refractivity contribution is 7.91. The van der Waals surface area contributed by atoms with Gasteiger partial charge in [0.05, 0.1) is 9.79 Å². The lowest BCUT2D eigenvalue weighted by Gasteiger charge is -2.09. The molecule has 2 rings (SSSR count). The summed E-state index contributed by atoms with van der Waals surface area (Å²) < 4.78 is 24.9. The van der Waals surface area contributed by atoms with Crippen molar-refractivity contribution >= 4 is 9.84 Å². The molecule has 0 aliphatic rings. The molecule has 0 spiro atoms. The van der Waals surface area contributed by atoms with Crippen molar-refractivity contribution in [3.8, 4) is 11.5 Å². The molecular formula is C14H14O4S. The molecule has 0 atom stereocenters. The molecule has 2 N–H and O–H groups in total. The molecule has 0 aliphatic carbocycles. The molecule has 0 saturated heterocycles. The molecule has 0 heterocycles. The van der Waals surface area contributed by atoms with Gasteiger partial charge >= 0.3 is 0 Å². The minimum absolute atomic E-state index is 0.0169. The summed E-state index contributed by atoms with van der Waals surface area (Å²) in [6, 6.07) is 8.32. The Morgan fingerprint density at radius 3 is 2.16 bits per heavy atom. The van der Waals surface area contributed by atoms with Gasteiger partial charge in [-0.1, -0.05) is 6.07 Å². The van der Waals surface area contributed by atoms with E-state index < -0.39 is 9.84 Å². The van der Waals surface area contributed by atoms with Crippen molar-refractivity contribution in [3.63, 3.8) is 0 Å². The van der Waals surface area contributed by atoms with E-state index in [0.717, 1.165) is 0 Å². The number of aryl methyl sites for hydroxylation is 2. The van der Waals surface area contributed by atoms with E-state index >= 15 is 0 Å². The SMILES string of the molecule is Cc1ccc(S(=O)(=O)c2ccc(O)cc2C)cc1O. The molecule has 0 fully saturated rings. The monoisotopic (exact) mass is 278 g/mol. The quantitative estimate of drug-likeness (QED) is 0.885. The van der Waals surface area contributed by atoms with Crippen LogP contribution in [0.5, 0.6) is 11.5 Å². The summed E-state index contributed by atoms with van der Waals surface area (Å²) in [7, 11) is -3.70. The van der Waals surface area contributed by atoms with Gasteiger partial charge in [-0.05, 0) is 55.3 Å². The topological polar surface area (TPSA) is 74.6 Å². The van der Waals surface area contributed by atoms with Crippen LogP contribution in [0, 0.1) is 13.8 Å². The lowest BCUT2D eigenvalue weighted by molar-refractivity contribution is 0.468. The van der Waals surface area contributed by atoms with Crippen LogP contribution in [0.1, 0.15) is 11.1 Å². The smallest absolute Gasteiger partial charge is 0.206 e.